The summed E-state index contributed by atoms with van der Waals surface area (Å²) in [7, 11) is -4.36. The predicted octanol–water partition coefficient (Wildman–Crippen LogP) is 8.89. The number of amides is 1. The molecule has 2 unspecified atom stereocenters. The Balaban J connectivity index is 4.18. The summed E-state index contributed by atoms with van der Waals surface area (Å²) in [5, 5.41) is 13.1. The van der Waals surface area contributed by atoms with Gasteiger partial charge in [-0.25, -0.2) is 0 Å². The quantitative estimate of drug-likeness (QED) is 0.0485. The summed E-state index contributed by atoms with van der Waals surface area (Å²) in [6, 6.07) is -1.10. The number of hydrogen-bond acceptors (Lipinski definition) is 4. The van der Waals surface area contributed by atoms with Gasteiger partial charge in [-0.1, -0.05) is 118 Å². The normalized spacial score (nSPS) is 14.6. The molecule has 0 aliphatic heterocycles. The molecule has 0 saturated heterocycles. The monoisotopic (exact) mass is 617 g/mol. The lowest BCUT2D eigenvalue weighted by Crippen LogP contribution is -2.46. The molecule has 0 aliphatic carbocycles. The Morgan fingerprint density at radius 1 is 0.651 bits per heavy atom. The molecule has 0 aliphatic rings. The van der Waals surface area contributed by atoms with Crippen LogP contribution in [-0.2, 0) is 14.9 Å². The fraction of sp³-hybridized carbons (Fsp3) is 0.583. The zero-order valence-electron chi connectivity index (χ0n) is 26.8. The van der Waals surface area contributed by atoms with Gasteiger partial charge in [0, 0.05) is 6.42 Å². The van der Waals surface area contributed by atoms with E-state index < -0.39 is 28.0 Å². The van der Waals surface area contributed by atoms with Crippen LogP contribution in [0.4, 0.5) is 0 Å². The zero-order chi connectivity index (χ0) is 31.9. The third-order valence-corrected chi connectivity index (χ3v) is 7.29. The first-order chi connectivity index (χ1) is 20.8. The second-order valence-electron chi connectivity index (χ2n) is 10.7. The van der Waals surface area contributed by atoms with Gasteiger partial charge < -0.3 is 10.4 Å². The largest absolute Gasteiger partial charge is 0.387 e. The summed E-state index contributed by atoms with van der Waals surface area (Å²) in [4.78, 5) is 12.4. The Kier molecular flexibility index (Phi) is 27.9. The lowest BCUT2D eigenvalue weighted by molar-refractivity contribution is -0.122. The molecule has 6 nitrogen and oxygen atoms in total. The number of carbonyl (C=O) groups is 1. The Morgan fingerprint density at radius 2 is 1.14 bits per heavy atom. The molecule has 3 N–H and O–H groups in total. The van der Waals surface area contributed by atoms with Crippen LogP contribution in [0.15, 0.2) is 85.1 Å². The Bertz CT molecular complexity index is 989. The van der Waals surface area contributed by atoms with Crippen LogP contribution in [-0.4, -0.2) is 41.9 Å². The standard InChI is InChI=1S/C36H59NO5S/c1-3-5-7-9-11-13-15-16-17-18-19-20-22-24-26-28-30-32-36(39)37-34(33-43(40,41)42)35(38)31-29-27-25-23-21-14-12-10-8-6-4-2/h5,7-8,10-11,13,16-17,19-21,23,29,31,34-35,38H,3-4,6,9,12,14-15,18,22,24-28,30,32-33H2,1-2H3,(H,37,39)(H,40,41,42)/b7-5-,10-8+,13-11-,17-16-,20-19-,23-21+,31-29+. The third kappa shape index (κ3) is 30.8. The van der Waals surface area contributed by atoms with Gasteiger partial charge in [0.05, 0.1) is 17.9 Å². The minimum Gasteiger partial charge on any atom is -0.387 e. The van der Waals surface area contributed by atoms with Gasteiger partial charge in [0.15, 0.2) is 0 Å². The number of rotatable bonds is 27. The van der Waals surface area contributed by atoms with E-state index >= 15 is 0 Å². The number of allylic oxidation sites excluding steroid dienone is 13. The topological polar surface area (TPSA) is 104 Å². The first kappa shape index (κ1) is 40.5. The van der Waals surface area contributed by atoms with Crippen molar-refractivity contribution in [2.24, 2.45) is 0 Å². The van der Waals surface area contributed by atoms with Crippen molar-refractivity contribution >= 4 is 16.0 Å². The van der Waals surface area contributed by atoms with Crippen molar-refractivity contribution < 1.29 is 22.9 Å². The molecular weight excluding hydrogens is 558 g/mol. The van der Waals surface area contributed by atoms with Crippen molar-refractivity contribution in [1.82, 2.24) is 5.32 Å². The molecule has 0 heterocycles. The maximum absolute atomic E-state index is 12.4. The van der Waals surface area contributed by atoms with Crippen molar-refractivity contribution in [3.63, 3.8) is 0 Å². The van der Waals surface area contributed by atoms with Crippen LogP contribution in [0, 0.1) is 0 Å². The van der Waals surface area contributed by atoms with Crippen molar-refractivity contribution in [3.05, 3.63) is 85.1 Å². The second-order valence-corrected chi connectivity index (χ2v) is 12.2. The van der Waals surface area contributed by atoms with E-state index in [1.807, 2.05) is 0 Å². The summed E-state index contributed by atoms with van der Waals surface area (Å²) in [6.07, 6.45) is 42.8. The molecule has 0 bridgehead atoms. The summed E-state index contributed by atoms with van der Waals surface area (Å²) >= 11 is 0. The van der Waals surface area contributed by atoms with E-state index in [4.69, 9.17) is 0 Å². The molecule has 244 valence electrons. The summed E-state index contributed by atoms with van der Waals surface area (Å²) < 4.78 is 32.2. The van der Waals surface area contributed by atoms with Gasteiger partial charge in [0.25, 0.3) is 10.1 Å². The Labute approximate surface area is 263 Å². The van der Waals surface area contributed by atoms with Crippen LogP contribution in [0.1, 0.15) is 117 Å². The SMILES string of the molecule is CC/C=C\C/C=C\C/C=C\C/C=C\CCCCCCC(=O)NC(CS(=O)(=O)O)C(O)/C=C/CC/C=C/CC/C=C/CCC. The van der Waals surface area contributed by atoms with Crippen molar-refractivity contribution in [2.45, 2.75) is 129 Å². The average molecular weight is 618 g/mol. The van der Waals surface area contributed by atoms with Crippen LogP contribution in [0.5, 0.6) is 0 Å². The van der Waals surface area contributed by atoms with Crippen LogP contribution in [0.25, 0.3) is 0 Å². The molecular formula is C36H59NO5S. The highest BCUT2D eigenvalue weighted by Gasteiger charge is 2.24. The molecule has 2 atom stereocenters. The van der Waals surface area contributed by atoms with Gasteiger partial charge in [-0.2, -0.15) is 8.42 Å². The van der Waals surface area contributed by atoms with Crippen LogP contribution < -0.4 is 5.32 Å². The lowest BCUT2D eigenvalue weighted by atomic mass is 10.1. The summed E-state index contributed by atoms with van der Waals surface area (Å²) in [6.45, 7) is 4.29. The second kappa shape index (κ2) is 29.6. The van der Waals surface area contributed by atoms with E-state index in [-0.39, 0.29) is 12.3 Å². The van der Waals surface area contributed by atoms with Gasteiger partial charge in [0.2, 0.25) is 5.91 Å². The third-order valence-electron chi connectivity index (χ3n) is 6.51. The van der Waals surface area contributed by atoms with Gasteiger partial charge in [-0.3, -0.25) is 9.35 Å². The van der Waals surface area contributed by atoms with E-state index in [2.05, 4.69) is 92.1 Å². The number of nitrogens with one attached hydrogen (secondary N) is 1. The number of unbranched alkanes of at least 4 members (excludes halogenated alkanes) is 7. The minimum atomic E-state index is -4.36. The molecule has 0 aromatic heterocycles. The van der Waals surface area contributed by atoms with Crippen molar-refractivity contribution in [3.8, 4) is 0 Å². The van der Waals surface area contributed by atoms with Crippen LogP contribution >= 0.6 is 0 Å². The molecule has 43 heavy (non-hydrogen) atoms. The first-order valence-corrected chi connectivity index (χ1v) is 17.9. The van der Waals surface area contributed by atoms with Gasteiger partial charge in [-0.15, -0.1) is 0 Å². The van der Waals surface area contributed by atoms with Gasteiger partial charge in [0.1, 0.15) is 0 Å². The van der Waals surface area contributed by atoms with E-state index in [0.29, 0.717) is 12.8 Å². The molecule has 0 radical (unpaired) electrons. The maximum Gasteiger partial charge on any atom is 0.267 e. The van der Waals surface area contributed by atoms with E-state index in [9.17, 15) is 22.9 Å². The number of aliphatic hydroxyl groups is 1. The fourth-order valence-corrected chi connectivity index (χ4v) is 4.86. The molecule has 0 aromatic rings. The smallest absolute Gasteiger partial charge is 0.267 e. The molecule has 7 heteroatoms. The van der Waals surface area contributed by atoms with Gasteiger partial charge >= 0.3 is 0 Å². The molecule has 0 spiro atoms. The molecule has 0 rings (SSSR count). The van der Waals surface area contributed by atoms with E-state index in [0.717, 1.165) is 83.5 Å². The summed E-state index contributed by atoms with van der Waals surface area (Å²) in [5.41, 5.74) is 0. The molecule has 0 fully saturated rings. The molecule has 1 amide bonds. The van der Waals surface area contributed by atoms with E-state index in [1.165, 1.54) is 6.08 Å². The highest BCUT2D eigenvalue weighted by Crippen LogP contribution is 2.08. The summed E-state index contributed by atoms with van der Waals surface area (Å²) in [5.74, 6) is -1.05. The number of aliphatic hydroxyl groups excluding tert-OH is 1. The van der Waals surface area contributed by atoms with Crippen molar-refractivity contribution in [2.75, 3.05) is 5.75 Å². The van der Waals surface area contributed by atoms with E-state index in [1.54, 1.807) is 6.08 Å². The Hall–Kier alpha value is -2.48. The molecule has 0 saturated carbocycles. The average Bonchev–Trinajstić information content (AvgIpc) is 2.96. The minimum absolute atomic E-state index is 0.251. The number of hydrogen-bond donors (Lipinski definition) is 3. The maximum atomic E-state index is 12.4. The molecule has 0 aromatic carbocycles. The highest BCUT2D eigenvalue weighted by atomic mass is 32.2. The lowest BCUT2D eigenvalue weighted by Gasteiger charge is -2.21. The fourth-order valence-electron chi connectivity index (χ4n) is 4.12. The highest BCUT2D eigenvalue weighted by molar-refractivity contribution is 7.85. The van der Waals surface area contributed by atoms with Gasteiger partial charge in [-0.05, 0) is 77.0 Å². The van der Waals surface area contributed by atoms with Crippen LogP contribution in [0.3, 0.4) is 0 Å². The predicted molar refractivity (Wildman–Crippen MR) is 184 cm³/mol. The zero-order valence-corrected chi connectivity index (χ0v) is 27.6. The first-order valence-electron chi connectivity index (χ1n) is 16.3. The van der Waals surface area contributed by atoms with Crippen LogP contribution in [0.2, 0.25) is 0 Å². The van der Waals surface area contributed by atoms with Crippen molar-refractivity contribution in [1.29, 1.82) is 0 Å². The number of carbonyl (C=O) groups excluding carboxylic acids is 1. The Morgan fingerprint density at radius 3 is 1.70 bits per heavy atom.